The Morgan fingerprint density at radius 2 is 2.04 bits per heavy atom. The van der Waals surface area contributed by atoms with Gasteiger partial charge in [-0.1, -0.05) is 0 Å². The van der Waals surface area contributed by atoms with Crippen LogP contribution in [-0.2, 0) is 4.79 Å². The van der Waals surface area contributed by atoms with Crippen LogP contribution in [0.25, 0.3) is 22.2 Å². The molecule has 0 unspecified atom stereocenters. The average Bonchev–Trinajstić information content (AvgIpc) is 3.08. The molecule has 0 radical (unpaired) electrons. The first kappa shape index (κ1) is 16.7. The van der Waals surface area contributed by atoms with Crippen LogP contribution in [0.4, 0.5) is 5.82 Å². The Morgan fingerprint density at radius 3 is 2.77 bits per heavy atom. The summed E-state index contributed by atoms with van der Waals surface area (Å²) in [6.45, 7) is 3.70. The summed E-state index contributed by atoms with van der Waals surface area (Å²) in [5.74, 6) is 1.87. The summed E-state index contributed by atoms with van der Waals surface area (Å²) in [5, 5.41) is 12.2. The molecule has 7 nitrogen and oxygen atoms in total. The summed E-state index contributed by atoms with van der Waals surface area (Å²) in [4.78, 5) is 18.9. The fourth-order valence-electron chi connectivity index (χ4n) is 3.25. The lowest BCUT2D eigenvalue weighted by atomic mass is 9.96. The van der Waals surface area contributed by atoms with E-state index in [0.29, 0.717) is 17.5 Å². The van der Waals surface area contributed by atoms with Gasteiger partial charge in [0.2, 0.25) is 5.91 Å². The van der Waals surface area contributed by atoms with Crippen molar-refractivity contribution in [1.29, 1.82) is 0 Å². The lowest BCUT2D eigenvalue weighted by molar-refractivity contribution is -0.121. The van der Waals surface area contributed by atoms with Gasteiger partial charge >= 0.3 is 0 Å². The molecule has 26 heavy (non-hydrogen) atoms. The number of carbonyl (C=O) groups is 1. The molecule has 0 atom stereocenters. The van der Waals surface area contributed by atoms with E-state index >= 15 is 0 Å². The maximum Gasteiger partial charge on any atom is 0.228 e. The summed E-state index contributed by atoms with van der Waals surface area (Å²) >= 11 is 0. The number of aromatic nitrogens is 3. The van der Waals surface area contributed by atoms with Crippen LogP contribution < -0.4 is 5.32 Å². The fourth-order valence-corrected chi connectivity index (χ4v) is 3.25. The topological polar surface area (TPSA) is 84.2 Å². The van der Waals surface area contributed by atoms with Gasteiger partial charge in [0.1, 0.15) is 0 Å². The van der Waals surface area contributed by atoms with Gasteiger partial charge in [-0.05, 0) is 57.2 Å². The summed E-state index contributed by atoms with van der Waals surface area (Å²) < 4.78 is 5.58. The molecular formula is C19H21N5O2. The smallest absolute Gasteiger partial charge is 0.228 e. The molecule has 1 aromatic carbocycles. The maximum atomic E-state index is 12.5. The van der Waals surface area contributed by atoms with Crippen molar-refractivity contribution in [1.82, 2.24) is 20.1 Å². The van der Waals surface area contributed by atoms with Crippen molar-refractivity contribution in [2.75, 3.05) is 25.5 Å². The molecule has 134 valence electrons. The molecule has 1 fully saturated rings. The molecule has 1 aliphatic heterocycles. The van der Waals surface area contributed by atoms with Gasteiger partial charge in [0.15, 0.2) is 17.5 Å². The first-order valence-electron chi connectivity index (χ1n) is 8.78. The monoisotopic (exact) mass is 351 g/mol. The Morgan fingerprint density at radius 1 is 1.23 bits per heavy atom. The number of hydrogen-bond acceptors (Lipinski definition) is 6. The zero-order valence-electron chi connectivity index (χ0n) is 14.9. The molecular weight excluding hydrogens is 330 g/mol. The predicted molar refractivity (Wildman–Crippen MR) is 98.6 cm³/mol. The number of aryl methyl sites for hydroxylation is 1. The third-order valence-electron chi connectivity index (χ3n) is 4.83. The van der Waals surface area contributed by atoms with Crippen molar-refractivity contribution in [2.24, 2.45) is 5.92 Å². The van der Waals surface area contributed by atoms with Crippen LogP contribution in [0.5, 0.6) is 0 Å². The molecule has 2 aromatic heterocycles. The number of nitrogens with one attached hydrogen (secondary N) is 1. The van der Waals surface area contributed by atoms with Crippen LogP contribution in [0.1, 0.15) is 18.7 Å². The second kappa shape index (κ2) is 6.84. The average molecular weight is 351 g/mol. The molecule has 3 heterocycles. The minimum Gasteiger partial charge on any atom is -0.441 e. The van der Waals surface area contributed by atoms with E-state index in [1.807, 2.05) is 31.2 Å². The van der Waals surface area contributed by atoms with Crippen molar-refractivity contribution >= 4 is 22.6 Å². The van der Waals surface area contributed by atoms with E-state index in [9.17, 15) is 4.79 Å². The highest BCUT2D eigenvalue weighted by Gasteiger charge is 2.23. The van der Waals surface area contributed by atoms with Gasteiger partial charge in [-0.25, -0.2) is 4.98 Å². The Hall–Kier alpha value is -2.80. The van der Waals surface area contributed by atoms with Crippen molar-refractivity contribution in [3.63, 3.8) is 0 Å². The number of carbonyl (C=O) groups excluding carboxylic acids is 1. The van der Waals surface area contributed by atoms with E-state index < -0.39 is 0 Å². The van der Waals surface area contributed by atoms with Crippen molar-refractivity contribution in [3.05, 3.63) is 36.4 Å². The molecule has 1 saturated heterocycles. The highest BCUT2D eigenvalue weighted by molar-refractivity contribution is 5.94. The number of nitrogens with zero attached hydrogens (tertiary/aromatic N) is 4. The number of fused-ring (bicyclic) bond motifs is 1. The van der Waals surface area contributed by atoms with E-state index in [2.05, 4.69) is 32.4 Å². The van der Waals surface area contributed by atoms with Crippen molar-refractivity contribution < 1.29 is 9.21 Å². The Labute approximate surface area is 151 Å². The molecule has 1 aliphatic rings. The first-order valence-corrected chi connectivity index (χ1v) is 8.78. The summed E-state index contributed by atoms with van der Waals surface area (Å²) in [6.07, 6.45) is 3.45. The zero-order chi connectivity index (χ0) is 18.1. The number of benzene rings is 1. The normalized spacial score (nSPS) is 16.1. The number of oxazole rings is 1. The van der Waals surface area contributed by atoms with E-state index in [0.717, 1.165) is 42.4 Å². The van der Waals surface area contributed by atoms with Crippen molar-refractivity contribution in [3.8, 4) is 11.3 Å². The van der Waals surface area contributed by atoms with Crippen LogP contribution >= 0.6 is 0 Å². The quantitative estimate of drug-likeness (QED) is 0.781. The maximum absolute atomic E-state index is 12.5. The predicted octanol–water partition coefficient (Wildman–Crippen LogP) is 2.87. The molecule has 3 aromatic rings. The molecule has 7 heteroatoms. The van der Waals surface area contributed by atoms with Gasteiger partial charge in [-0.3, -0.25) is 4.79 Å². The van der Waals surface area contributed by atoms with E-state index in [1.54, 1.807) is 6.20 Å². The first-order chi connectivity index (χ1) is 12.6. The zero-order valence-corrected chi connectivity index (χ0v) is 14.9. The summed E-state index contributed by atoms with van der Waals surface area (Å²) in [6, 6.07) is 7.63. The summed E-state index contributed by atoms with van der Waals surface area (Å²) in [5.41, 5.74) is 1.68. The second-order valence-corrected chi connectivity index (χ2v) is 6.81. The van der Waals surface area contributed by atoms with Crippen LogP contribution in [0.15, 0.2) is 34.9 Å². The Kier molecular flexibility index (Phi) is 4.38. The molecule has 1 N–H and O–H groups in total. The third-order valence-corrected chi connectivity index (χ3v) is 4.83. The lowest BCUT2D eigenvalue weighted by Crippen LogP contribution is -2.36. The van der Waals surface area contributed by atoms with E-state index in [1.165, 1.54) is 0 Å². The summed E-state index contributed by atoms with van der Waals surface area (Å²) in [7, 11) is 2.08. The minimum atomic E-state index is 0.0220. The number of rotatable bonds is 3. The molecule has 0 spiro atoms. The molecule has 0 saturated carbocycles. The standard InChI is InChI=1S/C19H21N5O2/c1-12-20-11-17(26-12)14-3-4-16-15(9-14)10-18(23-22-16)21-19(25)13-5-7-24(2)8-6-13/h3-4,9-11,13H,5-8H2,1-2H3,(H,21,23,25). The van der Waals surface area contributed by atoms with Gasteiger partial charge in [-0.2, -0.15) is 0 Å². The van der Waals surface area contributed by atoms with Crippen LogP contribution in [0.2, 0.25) is 0 Å². The van der Waals surface area contributed by atoms with Gasteiger partial charge in [0.25, 0.3) is 0 Å². The molecule has 4 rings (SSSR count). The largest absolute Gasteiger partial charge is 0.441 e. The number of likely N-dealkylation sites (tertiary alicyclic amines) is 1. The van der Waals surface area contributed by atoms with Crippen molar-refractivity contribution in [2.45, 2.75) is 19.8 Å². The van der Waals surface area contributed by atoms with Crippen LogP contribution in [-0.4, -0.2) is 46.1 Å². The molecule has 0 aliphatic carbocycles. The number of piperidine rings is 1. The second-order valence-electron chi connectivity index (χ2n) is 6.81. The van der Waals surface area contributed by atoms with Gasteiger partial charge in [-0.15, -0.1) is 10.2 Å². The SMILES string of the molecule is Cc1ncc(-c2ccc3nnc(NC(=O)C4CCN(C)CC4)cc3c2)o1. The number of hydrogen-bond donors (Lipinski definition) is 1. The van der Waals surface area contributed by atoms with Gasteiger partial charge in [0, 0.05) is 23.8 Å². The minimum absolute atomic E-state index is 0.0220. The Balaban J connectivity index is 1.55. The van der Waals surface area contributed by atoms with E-state index in [-0.39, 0.29) is 11.8 Å². The number of amides is 1. The highest BCUT2D eigenvalue weighted by Crippen LogP contribution is 2.25. The number of anilines is 1. The van der Waals surface area contributed by atoms with Crippen LogP contribution in [0.3, 0.4) is 0 Å². The third kappa shape index (κ3) is 3.43. The molecule has 0 bridgehead atoms. The lowest BCUT2D eigenvalue weighted by Gasteiger charge is -2.27. The molecule has 1 amide bonds. The fraction of sp³-hybridized carbons (Fsp3) is 0.368. The highest BCUT2D eigenvalue weighted by atomic mass is 16.4. The Bertz CT molecular complexity index is 944. The van der Waals surface area contributed by atoms with E-state index in [4.69, 9.17) is 4.42 Å². The van der Waals surface area contributed by atoms with Gasteiger partial charge < -0.3 is 14.6 Å². The van der Waals surface area contributed by atoms with Crippen LogP contribution in [0, 0.1) is 12.8 Å². The van der Waals surface area contributed by atoms with Gasteiger partial charge in [0.05, 0.1) is 11.7 Å².